The van der Waals surface area contributed by atoms with Crippen molar-refractivity contribution in [2.24, 2.45) is 0 Å². The summed E-state index contributed by atoms with van der Waals surface area (Å²) in [6.07, 6.45) is 1.45. The van der Waals surface area contributed by atoms with Crippen LogP contribution in [0.15, 0.2) is 29.2 Å². The fourth-order valence-corrected chi connectivity index (χ4v) is 2.44. The number of fused-ring (bicyclic) bond motifs is 1. The molecule has 0 amide bonds. The van der Waals surface area contributed by atoms with E-state index in [4.69, 9.17) is 4.74 Å². The van der Waals surface area contributed by atoms with E-state index in [1.807, 2.05) is 25.1 Å². The summed E-state index contributed by atoms with van der Waals surface area (Å²) in [7, 11) is 0. The molecule has 3 aromatic rings. The number of hydrogen-bond acceptors (Lipinski definition) is 6. The van der Waals surface area contributed by atoms with Gasteiger partial charge >= 0.3 is 5.97 Å². The van der Waals surface area contributed by atoms with Gasteiger partial charge in [-0.05, 0) is 32.9 Å². The van der Waals surface area contributed by atoms with E-state index in [2.05, 4.69) is 15.1 Å². The molecule has 8 heteroatoms. The molecule has 3 rings (SSSR count). The van der Waals surface area contributed by atoms with Gasteiger partial charge < -0.3 is 9.30 Å². The molecule has 0 saturated heterocycles. The summed E-state index contributed by atoms with van der Waals surface area (Å²) in [4.78, 5) is 33.2. The first kappa shape index (κ1) is 15.9. The maximum atomic E-state index is 12.4. The topological polar surface area (TPSA) is 91.4 Å². The normalized spacial score (nSPS) is 11.0. The van der Waals surface area contributed by atoms with Crippen LogP contribution in [0.3, 0.4) is 0 Å². The van der Waals surface area contributed by atoms with Gasteiger partial charge in [0.1, 0.15) is 11.4 Å². The lowest BCUT2D eigenvalue weighted by molar-refractivity contribution is 0.0522. The van der Waals surface area contributed by atoms with Gasteiger partial charge in [-0.2, -0.15) is 9.50 Å². The molecule has 3 aromatic heterocycles. The predicted molar refractivity (Wildman–Crippen MR) is 86.0 cm³/mol. The number of esters is 1. The Morgan fingerprint density at radius 3 is 2.75 bits per heavy atom. The quantitative estimate of drug-likeness (QED) is 0.667. The summed E-state index contributed by atoms with van der Waals surface area (Å²) in [6, 6.07) is 5.67. The monoisotopic (exact) mass is 327 g/mol. The van der Waals surface area contributed by atoms with Crippen molar-refractivity contribution in [1.82, 2.24) is 24.1 Å². The standard InChI is InChI=1S/C16H17N5O3/c1-4-24-15(23)13-9-20(8-12-7-5-6-10(2)17-12)16-18-11(3)19-21(16)14(13)22/h5-7,9H,4,8H2,1-3H3. The zero-order valence-electron chi connectivity index (χ0n) is 13.7. The molecule has 8 nitrogen and oxygen atoms in total. The van der Waals surface area contributed by atoms with Crippen molar-refractivity contribution in [3.8, 4) is 0 Å². The average molecular weight is 327 g/mol. The van der Waals surface area contributed by atoms with Gasteiger partial charge in [-0.1, -0.05) is 6.07 Å². The van der Waals surface area contributed by atoms with Gasteiger partial charge in [0.05, 0.1) is 18.8 Å². The summed E-state index contributed by atoms with van der Waals surface area (Å²) < 4.78 is 7.76. The molecule has 0 radical (unpaired) electrons. The third-order valence-corrected chi connectivity index (χ3v) is 3.43. The highest BCUT2D eigenvalue weighted by Gasteiger charge is 2.19. The fourth-order valence-electron chi connectivity index (χ4n) is 2.44. The Morgan fingerprint density at radius 2 is 2.04 bits per heavy atom. The van der Waals surface area contributed by atoms with Crippen LogP contribution in [0, 0.1) is 13.8 Å². The minimum Gasteiger partial charge on any atom is -0.462 e. The largest absolute Gasteiger partial charge is 0.462 e. The summed E-state index contributed by atoms with van der Waals surface area (Å²) >= 11 is 0. The van der Waals surface area contributed by atoms with E-state index in [1.54, 1.807) is 18.4 Å². The zero-order valence-corrected chi connectivity index (χ0v) is 13.7. The molecule has 0 spiro atoms. The smallest absolute Gasteiger partial charge is 0.345 e. The highest BCUT2D eigenvalue weighted by molar-refractivity contribution is 5.88. The zero-order chi connectivity index (χ0) is 17.3. The van der Waals surface area contributed by atoms with Gasteiger partial charge in [0.15, 0.2) is 0 Å². The van der Waals surface area contributed by atoms with Gasteiger partial charge in [0, 0.05) is 11.9 Å². The molecule has 0 saturated carbocycles. The van der Waals surface area contributed by atoms with Gasteiger partial charge in [0.25, 0.3) is 5.56 Å². The summed E-state index contributed by atoms with van der Waals surface area (Å²) in [5.74, 6) is 0.122. The molecule has 24 heavy (non-hydrogen) atoms. The molecule has 0 N–H and O–H groups in total. The number of ether oxygens (including phenoxy) is 1. The lowest BCUT2D eigenvalue weighted by atomic mass is 10.3. The Labute approximate surface area is 137 Å². The van der Waals surface area contributed by atoms with Crippen LogP contribution in [0.2, 0.25) is 0 Å². The number of nitrogens with zero attached hydrogens (tertiary/aromatic N) is 5. The molecule has 3 heterocycles. The van der Waals surface area contributed by atoms with Crippen LogP contribution in [0.25, 0.3) is 5.78 Å². The van der Waals surface area contributed by atoms with Crippen LogP contribution in [0.4, 0.5) is 0 Å². The third-order valence-electron chi connectivity index (χ3n) is 3.43. The Bertz CT molecular complexity index is 973. The molecule has 0 aliphatic rings. The second kappa shape index (κ2) is 6.23. The van der Waals surface area contributed by atoms with Crippen LogP contribution in [-0.4, -0.2) is 36.7 Å². The van der Waals surface area contributed by atoms with Crippen LogP contribution in [-0.2, 0) is 11.3 Å². The second-order valence-corrected chi connectivity index (χ2v) is 5.34. The number of carbonyl (C=O) groups is 1. The Balaban J connectivity index is 2.16. The van der Waals surface area contributed by atoms with E-state index in [0.717, 1.165) is 15.9 Å². The molecule has 0 atom stereocenters. The fraction of sp³-hybridized carbons (Fsp3) is 0.312. The Kier molecular flexibility index (Phi) is 4.11. The van der Waals surface area contributed by atoms with Gasteiger partial charge in [-0.15, -0.1) is 5.10 Å². The molecule has 0 aromatic carbocycles. The maximum absolute atomic E-state index is 12.4. The number of aromatic nitrogens is 5. The first-order chi connectivity index (χ1) is 11.5. The van der Waals surface area contributed by atoms with E-state index < -0.39 is 11.5 Å². The molecular weight excluding hydrogens is 310 g/mol. The number of carbonyl (C=O) groups excluding carboxylic acids is 1. The van der Waals surface area contributed by atoms with Crippen molar-refractivity contribution in [3.05, 3.63) is 57.5 Å². The van der Waals surface area contributed by atoms with Gasteiger partial charge in [-0.3, -0.25) is 9.78 Å². The molecule has 0 aliphatic carbocycles. The van der Waals surface area contributed by atoms with Crippen LogP contribution >= 0.6 is 0 Å². The number of hydrogen-bond donors (Lipinski definition) is 0. The van der Waals surface area contributed by atoms with E-state index in [9.17, 15) is 9.59 Å². The lowest BCUT2D eigenvalue weighted by Crippen LogP contribution is -2.27. The van der Waals surface area contributed by atoms with Gasteiger partial charge in [-0.25, -0.2) is 4.79 Å². The van der Waals surface area contributed by atoms with Crippen LogP contribution < -0.4 is 5.56 Å². The highest BCUT2D eigenvalue weighted by Crippen LogP contribution is 2.07. The van der Waals surface area contributed by atoms with Crippen LogP contribution in [0.1, 0.15) is 34.5 Å². The van der Waals surface area contributed by atoms with Crippen molar-refractivity contribution in [2.45, 2.75) is 27.3 Å². The molecule has 0 fully saturated rings. The molecule has 0 bridgehead atoms. The van der Waals surface area contributed by atoms with E-state index >= 15 is 0 Å². The minimum absolute atomic E-state index is 0.0816. The average Bonchev–Trinajstić information content (AvgIpc) is 2.93. The Morgan fingerprint density at radius 1 is 1.25 bits per heavy atom. The number of aryl methyl sites for hydroxylation is 2. The molecule has 0 unspecified atom stereocenters. The van der Waals surface area contributed by atoms with Gasteiger partial charge in [0.2, 0.25) is 5.78 Å². The second-order valence-electron chi connectivity index (χ2n) is 5.34. The predicted octanol–water partition coefficient (Wildman–Crippen LogP) is 1.13. The number of rotatable bonds is 4. The summed E-state index contributed by atoms with van der Waals surface area (Å²) in [5, 5.41) is 4.08. The molecule has 0 aliphatic heterocycles. The third kappa shape index (κ3) is 2.90. The first-order valence-corrected chi connectivity index (χ1v) is 7.56. The van der Waals surface area contributed by atoms with Crippen LogP contribution in [0.5, 0.6) is 0 Å². The van der Waals surface area contributed by atoms with Crippen molar-refractivity contribution in [2.75, 3.05) is 6.61 Å². The van der Waals surface area contributed by atoms with Crippen molar-refractivity contribution < 1.29 is 9.53 Å². The molecule has 124 valence electrons. The Hall–Kier alpha value is -3.03. The van der Waals surface area contributed by atoms with Crippen molar-refractivity contribution >= 4 is 11.7 Å². The lowest BCUT2D eigenvalue weighted by Gasteiger charge is -2.10. The SMILES string of the molecule is CCOC(=O)c1cn(Cc2cccc(C)n2)c2nc(C)nn2c1=O. The summed E-state index contributed by atoms with van der Waals surface area (Å²) in [5.41, 5.74) is 1.04. The van der Waals surface area contributed by atoms with E-state index in [-0.39, 0.29) is 12.2 Å². The maximum Gasteiger partial charge on any atom is 0.345 e. The van der Waals surface area contributed by atoms with E-state index in [0.29, 0.717) is 18.1 Å². The minimum atomic E-state index is -0.677. The first-order valence-electron chi connectivity index (χ1n) is 7.56. The van der Waals surface area contributed by atoms with Crippen molar-refractivity contribution in [1.29, 1.82) is 0 Å². The van der Waals surface area contributed by atoms with E-state index in [1.165, 1.54) is 6.20 Å². The summed E-state index contributed by atoms with van der Waals surface area (Å²) in [6.45, 7) is 5.81. The molecular formula is C16H17N5O3. The van der Waals surface area contributed by atoms with Crippen molar-refractivity contribution in [3.63, 3.8) is 0 Å². The number of pyridine rings is 1. The highest BCUT2D eigenvalue weighted by atomic mass is 16.5.